The van der Waals surface area contributed by atoms with Crippen LogP contribution in [0.4, 0.5) is 10.1 Å². The summed E-state index contributed by atoms with van der Waals surface area (Å²) >= 11 is 4.42. The van der Waals surface area contributed by atoms with Crippen molar-refractivity contribution in [2.24, 2.45) is 0 Å². The Morgan fingerprint density at radius 1 is 1.56 bits per heavy atom. The molecule has 0 spiro atoms. The van der Waals surface area contributed by atoms with E-state index in [1.54, 1.807) is 11.6 Å². The number of thiazole rings is 1. The first-order valence-corrected chi connectivity index (χ1v) is 10.4. The molecule has 1 aromatic heterocycles. The van der Waals surface area contributed by atoms with E-state index in [0.29, 0.717) is 17.1 Å². The van der Waals surface area contributed by atoms with Crippen LogP contribution in [-0.2, 0) is 10.2 Å². The number of hydrogen-bond donors (Lipinski definition) is 3. The van der Waals surface area contributed by atoms with Gasteiger partial charge in [-0.1, -0.05) is 0 Å². The second-order valence-corrected chi connectivity index (χ2v) is 9.13. The molecule has 1 aromatic carbocycles. The quantitative estimate of drug-likeness (QED) is 0.619. The lowest BCUT2D eigenvalue weighted by Gasteiger charge is -2.38. The van der Waals surface area contributed by atoms with Gasteiger partial charge in [-0.15, -0.1) is 11.3 Å². The van der Waals surface area contributed by atoms with Gasteiger partial charge in [-0.05, 0) is 40.5 Å². The highest BCUT2D eigenvalue weighted by Crippen LogP contribution is 2.31. The second kappa shape index (κ2) is 7.25. The lowest BCUT2D eigenvalue weighted by molar-refractivity contribution is 0.102. The molecule has 0 amide bonds. The van der Waals surface area contributed by atoms with Gasteiger partial charge in [0, 0.05) is 24.3 Å². The smallest absolute Gasteiger partial charge is 0.280 e. The average molecular weight is 451 g/mol. The number of anilines is 1. The third-order valence-electron chi connectivity index (χ3n) is 3.96. The molecule has 1 aliphatic heterocycles. The molecule has 11 heteroatoms. The monoisotopic (exact) mass is 450 g/mol. The molecule has 1 saturated heterocycles. The fraction of sp³-hybridized carbons (Fsp3) is 0.357. The van der Waals surface area contributed by atoms with Gasteiger partial charge in [0.15, 0.2) is 0 Å². The van der Waals surface area contributed by atoms with Crippen molar-refractivity contribution < 1.29 is 17.9 Å². The van der Waals surface area contributed by atoms with Crippen molar-refractivity contribution in [2.75, 3.05) is 12.4 Å². The molecule has 0 bridgehead atoms. The minimum Gasteiger partial charge on any atom is -0.372 e. The van der Waals surface area contributed by atoms with Crippen molar-refractivity contribution >= 4 is 43.2 Å². The van der Waals surface area contributed by atoms with Crippen LogP contribution in [-0.4, -0.2) is 42.1 Å². The van der Waals surface area contributed by atoms with Gasteiger partial charge in [0.05, 0.1) is 16.6 Å². The van der Waals surface area contributed by atoms with E-state index in [4.69, 9.17) is 0 Å². The Kier molecular flexibility index (Phi) is 5.42. The largest absolute Gasteiger partial charge is 0.372 e. The standard InChI is InChI=1S/C14H16BrFN4O3S2/c1-20-12(13(21)18-8-2-3-10(16)9(15)6-8)7-11(19-25(20,22)23)14-17-4-5-24-14/h2-6,11-13,18-19,21H,7H2,1H3/t11-,12+,13?/m0/s1. The molecule has 0 aliphatic carbocycles. The Bertz CT molecular complexity index is 850. The van der Waals surface area contributed by atoms with Crippen molar-refractivity contribution in [3.05, 3.63) is 45.1 Å². The van der Waals surface area contributed by atoms with Crippen LogP contribution in [0.15, 0.2) is 34.2 Å². The Morgan fingerprint density at radius 2 is 2.32 bits per heavy atom. The van der Waals surface area contributed by atoms with Gasteiger partial charge in [0.1, 0.15) is 17.1 Å². The molecule has 1 fully saturated rings. The molecule has 1 aliphatic rings. The van der Waals surface area contributed by atoms with E-state index in [9.17, 15) is 17.9 Å². The van der Waals surface area contributed by atoms with Gasteiger partial charge in [-0.2, -0.15) is 17.4 Å². The summed E-state index contributed by atoms with van der Waals surface area (Å²) < 4.78 is 41.9. The summed E-state index contributed by atoms with van der Waals surface area (Å²) in [7, 11) is -2.36. The summed E-state index contributed by atoms with van der Waals surface area (Å²) in [5, 5.41) is 15.8. The molecule has 2 heterocycles. The Labute approximate surface area is 157 Å². The fourth-order valence-electron chi connectivity index (χ4n) is 2.62. The van der Waals surface area contributed by atoms with Crippen molar-refractivity contribution in [3.63, 3.8) is 0 Å². The number of benzene rings is 1. The van der Waals surface area contributed by atoms with E-state index in [-0.39, 0.29) is 4.47 Å². The zero-order chi connectivity index (χ0) is 18.2. The zero-order valence-corrected chi connectivity index (χ0v) is 16.3. The number of aromatic nitrogens is 1. The van der Waals surface area contributed by atoms with Crippen molar-refractivity contribution in [1.82, 2.24) is 14.0 Å². The lowest BCUT2D eigenvalue weighted by atomic mass is 10.1. The van der Waals surface area contributed by atoms with Gasteiger partial charge < -0.3 is 10.4 Å². The summed E-state index contributed by atoms with van der Waals surface area (Å²) in [6.45, 7) is 0. The summed E-state index contributed by atoms with van der Waals surface area (Å²) in [5.41, 5.74) is 0.468. The van der Waals surface area contributed by atoms with Gasteiger partial charge in [-0.3, -0.25) is 0 Å². The van der Waals surface area contributed by atoms with Crippen LogP contribution in [0.1, 0.15) is 17.5 Å². The first-order valence-electron chi connectivity index (χ1n) is 7.32. The molecular weight excluding hydrogens is 435 g/mol. The molecule has 0 radical (unpaired) electrons. The average Bonchev–Trinajstić information content (AvgIpc) is 3.07. The zero-order valence-electron chi connectivity index (χ0n) is 13.1. The van der Waals surface area contributed by atoms with Crippen LogP contribution in [0.25, 0.3) is 0 Å². The first-order chi connectivity index (χ1) is 11.8. The first kappa shape index (κ1) is 18.7. The summed E-state index contributed by atoms with van der Waals surface area (Å²) in [6.07, 6.45) is 0.758. The number of nitrogens with one attached hydrogen (secondary N) is 2. The molecule has 1 unspecified atom stereocenters. The highest BCUT2D eigenvalue weighted by Gasteiger charge is 2.41. The van der Waals surface area contributed by atoms with Gasteiger partial charge in [0.25, 0.3) is 10.2 Å². The van der Waals surface area contributed by atoms with E-state index in [0.717, 1.165) is 4.31 Å². The molecule has 3 N–H and O–H groups in total. The molecule has 3 atom stereocenters. The molecular formula is C14H16BrFN4O3S2. The number of likely N-dealkylation sites (N-methyl/N-ethyl adjacent to an activating group) is 1. The molecule has 2 aromatic rings. The molecule has 0 saturated carbocycles. The topological polar surface area (TPSA) is 94.6 Å². The third-order valence-corrected chi connectivity index (χ3v) is 7.07. The van der Waals surface area contributed by atoms with Crippen LogP contribution < -0.4 is 10.0 Å². The number of hydrogen-bond acceptors (Lipinski definition) is 6. The minimum absolute atomic E-state index is 0.247. The second-order valence-electron chi connectivity index (χ2n) is 5.58. The number of aliphatic hydroxyl groups is 1. The van der Waals surface area contributed by atoms with Crippen LogP contribution >= 0.6 is 27.3 Å². The summed E-state index contributed by atoms with van der Waals surface area (Å²) in [6, 6.07) is 2.97. The summed E-state index contributed by atoms with van der Waals surface area (Å²) in [4.78, 5) is 4.15. The molecule has 136 valence electrons. The van der Waals surface area contributed by atoms with Gasteiger partial charge in [0.2, 0.25) is 0 Å². The maximum Gasteiger partial charge on any atom is 0.280 e. The fourth-order valence-corrected chi connectivity index (χ4v) is 5.06. The number of nitrogens with zero attached hydrogens (tertiary/aromatic N) is 2. The molecule has 25 heavy (non-hydrogen) atoms. The predicted molar refractivity (Wildman–Crippen MR) is 96.8 cm³/mol. The van der Waals surface area contributed by atoms with Crippen LogP contribution in [0.5, 0.6) is 0 Å². The van der Waals surface area contributed by atoms with Gasteiger partial charge in [-0.25, -0.2) is 9.37 Å². The van der Waals surface area contributed by atoms with E-state index < -0.39 is 34.3 Å². The van der Waals surface area contributed by atoms with Crippen LogP contribution in [0.3, 0.4) is 0 Å². The number of rotatable bonds is 4. The highest BCUT2D eigenvalue weighted by molar-refractivity contribution is 9.10. The Morgan fingerprint density at radius 3 is 2.96 bits per heavy atom. The number of halogens is 2. The Hall–Kier alpha value is -1.11. The minimum atomic E-state index is -3.76. The normalized spacial score (nSPS) is 24.8. The molecule has 7 nitrogen and oxygen atoms in total. The van der Waals surface area contributed by atoms with E-state index in [1.165, 1.54) is 36.6 Å². The van der Waals surface area contributed by atoms with Gasteiger partial charge >= 0.3 is 0 Å². The SMILES string of the molecule is CN1[C@@H](C(O)Nc2ccc(F)c(Br)c2)C[C@@H](c2nccs2)NS1(=O)=O. The third kappa shape index (κ3) is 4.01. The predicted octanol–water partition coefficient (Wildman–Crippen LogP) is 2.05. The van der Waals surface area contributed by atoms with Crippen LogP contribution in [0.2, 0.25) is 0 Å². The van der Waals surface area contributed by atoms with Crippen molar-refractivity contribution in [1.29, 1.82) is 0 Å². The van der Waals surface area contributed by atoms with E-state index >= 15 is 0 Å². The Balaban J connectivity index is 1.81. The highest BCUT2D eigenvalue weighted by atomic mass is 79.9. The maximum absolute atomic E-state index is 13.3. The lowest BCUT2D eigenvalue weighted by Crippen LogP contribution is -2.57. The summed E-state index contributed by atoms with van der Waals surface area (Å²) in [5.74, 6) is -0.426. The maximum atomic E-state index is 13.3. The number of aliphatic hydroxyl groups excluding tert-OH is 1. The van der Waals surface area contributed by atoms with E-state index in [1.807, 2.05) is 0 Å². The van der Waals surface area contributed by atoms with Crippen molar-refractivity contribution in [2.45, 2.75) is 24.7 Å². The molecule has 3 rings (SSSR count). The van der Waals surface area contributed by atoms with Crippen molar-refractivity contribution in [3.8, 4) is 0 Å². The van der Waals surface area contributed by atoms with Crippen LogP contribution in [0, 0.1) is 5.82 Å². The van der Waals surface area contributed by atoms with E-state index in [2.05, 4.69) is 31.0 Å².